The van der Waals surface area contributed by atoms with E-state index in [1.165, 1.54) is 36.6 Å². The number of imide groups is 1. The minimum atomic E-state index is -0.651. The van der Waals surface area contributed by atoms with Crippen molar-refractivity contribution in [1.29, 1.82) is 0 Å². The lowest BCUT2D eigenvalue weighted by Gasteiger charge is -2.12. The van der Waals surface area contributed by atoms with Crippen LogP contribution in [0, 0.1) is 5.82 Å². The van der Waals surface area contributed by atoms with E-state index in [1.54, 1.807) is 36.4 Å². The van der Waals surface area contributed by atoms with E-state index in [1.807, 2.05) is 0 Å². The number of hydrogen-bond donors (Lipinski definition) is 0. The molecule has 1 aromatic heterocycles. The quantitative estimate of drug-likeness (QED) is 0.331. The topological polar surface area (TPSA) is 76.8 Å². The zero-order valence-corrected chi connectivity index (χ0v) is 16.2. The number of carbonyl (C=O) groups is 3. The van der Waals surface area contributed by atoms with Crippen LogP contribution in [0.4, 0.5) is 9.18 Å². The molecular weight excluding hydrogens is 409 g/mol. The second kappa shape index (κ2) is 8.38. The summed E-state index contributed by atoms with van der Waals surface area (Å²) in [5.74, 6) is -1.31. The fourth-order valence-electron chi connectivity index (χ4n) is 2.80. The van der Waals surface area contributed by atoms with Gasteiger partial charge in [0.25, 0.3) is 11.1 Å². The number of carbonyl (C=O) groups excluding carboxylic acids is 3. The van der Waals surface area contributed by atoms with Crippen molar-refractivity contribution in [3.05, 3.63) is 94.5 Å². The molecule has 2 amide bonds. The van der Waals surface area contributed by atoms with E-state index in [0.717, 1.165) is 16.7 Å². The van der Waals surface area contributed by atoms with Crippen molar-refractivity contribution in [2.75, 3.05) is 0 Å². The third-order valence-electron chi connectivity index (χ3n) is 4.25. The molecule has 8 heteroatoms. The molecule has 0 aliphatic carbocycles. The summed E-state index contributed by atoms with van der Waals surface area (Å²) in [6.45, 7) is -0.143. The first-order chi connectivity index (χ1) is 14.5. The van der Waals surface area contributed by atoms with Gasteiger partial charge in [0, 0.05) is 5.56 Å². The summed E-state index contributed by atoms with van der Waals surface area (Å²) < 4.78 is 24.1. The summed E-state index contributed by atoms with van der Waals surface area (Å²) >= 11 is 0.773. The normalized spacial score (nSPS) is 15.1. The third-order valence-corrected chi connectivity index (χ3v) is 5.16. The molecule has 1 fully saturated rings. The lowest BCUT2D eigenvalue weighted by Crippen LogP contribution is -2.27. The lowest BCUT2D eigenvalue weighted by molar-refractivity contribution is -0.123. The molecule has 0 unspecified atom stereocenters. The van der Waals surface area contributed by atoms with E-state index in [9.17, 15) is 18.8 Å². The van der Waals surface area contributed by atoms with Gasteiger partial charge in [-0.25, -0.2) is 9.18 Å². The number of hydrogen-bond acceptors (Lipinski definition) is 6. The zero-order chi connectivity index (χ0) is 21.1. The van der Waals surface area contributed by atoms with Gasteiger partial charge in [0.15, 0.2) is 0 Å². The third kappa shape index (κ3) is 4.18. The van der Waals surface area contributed by atoms with E-state index < -0.39 is 22.9 Å². The Bertz CT molecular complexity index is 1160. The molecule has 1 aliphatic heterocycles. The van der Waals surface area contributed by atoms with Gasteiger partial charge < -0.3 is 9.15 Å². The first-order valence-electron chi connectivity index (χ1n) is 8.86. The summed E-state index contributed by atoms with van der Waals surface area (Å²) in [7, 11) is 0. The van der Waals surface area contributed by atoms with Crippen LogP contribution in [-0.4, -0.2) is 22.0 Å². The van der Waals surface area contributed by atoms with Crippen LogP contribution in [0.3, 0.4) is 0 Å². The fraction of sp³-hybridized carbons (Fsp3) is 0.0455. The molecule has 1 saturated heterocycles. The van der Waals surface area contributed by atoms with Crippen molar-refractivity contribution < 1.29 is 27.9 Å². The first-order valence-corrected chi connectivity index (χ1v) is 9.67. The maximum absolute atomic E-state index is 13.9. The Labute approximate surface area is 174 Å². The Morgan fingerprint density at radius 2 is 1.93 bits per heavy atom. The summed E-state index contributed by atoms with van der Waals surface area (Å²) in [4.78, 5) is 38.1. The standard InChI is InChI=1S/C22H14FNO5S/c23-17-8-2-1-6-15(17)13-24-20(25)19(30-22(24)27)12-14-5-3-7-16(11-14)29-21(26)18-9-4-10-28-18/h1-12H,13H2/b19-12-. The van der Waals surface area contributed by atoms with Gasteiger partial charge in [0.2, 0.25) is 5.76 Å². The second-order valence-electron chi connectivity index (χ2n) is 6.30. The van der Waals surface area contributed by atoms with Crippen LogP contribution < -0.4 is 4.74 Å². The molecule has 0 saturated carbocycles. The Morgan fingerprint density at radius 1 is 1.10 bits per heavy atom. The predicted molar refractivity (Wildman–Crippen MR) is 108 cm³/mol. The maximum Gasteiger partial charge on any atom is 0.379 e. The highest BCUT2D eigenvalue weighted by atomic mass is 32.2. The smallest absolute Gasteiger partial charge is 0.379 e. The molecule has 3 aromatic rings. The minimum Gasteiger partial charge on any atom is -0.457 e. The molecule has 4 rings (SSSR count). The number of benzene rings is 2. The fourth-order valence-corrected chi connectivity index (χ4v) is 3.64. The average molecular weight is 423 g/mol. The molecule has 0 N–H and O–H groups in total. The van der Waals surface area contributed by atoms with Gasteiger partial charge in [-0.15, -0.1) is 0 Å². The van der Waals surface area contributed by atoms with Crippen molar-refractivity contribution in [1.82, 2.24) is 4.90 Å². The van der Waals surface area contributed by atoms with E-state index in [4.69, 9.17) is 9.15 Å². The van der Waals surface area contributed by atoms with Gasteiger partial charge in [0.1, 0.15) is 11.6 Å². The van der Waals surface area contributed by atoms with Gasteiger partial charge in [-0.1, -0.05) is 30.3 Å². The predicted octanol–water partition coefficient (Wildman–Crippen LogP) is 4.87. The number of amides is 2. The Hall–Kier alpha value is -3.65. The van der Waals surface area contributed by atoms with Crippen molar-refractivity contribution in [3.8, 4) is 5.75 Å². The van der Waals surface area contributed by atoms with E-state index >= 15 is 0 Å². The molecule has 0 atom stereocenters. The molecule has 6 nitrogen and oxygen atoms in total. The summed E-state index contributed by atoms with van der Waals surface area (Å²) in [5.41, 5.74) is 0.823. The molecule has 2 aromatic carbocycles. The first kappa shape index (κ1) is 19.7. The van der Waals surface area contributed by atoms with Crippen LogP contribution in [0.5, 0.6) is 5.75 Å². The minimum absolute atomic E-state index is 0.0645. The molecule has 0 spiro atoms. The highest BCUT2D eigenvalue weighted by Gasteiger charge is 2.35. The largest absolute Gasteiger partial charge is 0.457 e. The van der Waals surface area contributed by atoms with Crippen molar-refractivity contribution in [2.45, 2.75) is 6.54 Å². The van der Waals surface area contributed by atoms with Crippen LogP contribution in [0.2, 0.25) is 0 Å². The number of furan rings is 1. The second-order valence-corrected chi connectivity index (χ2v) is 7.29. The lowest BCUT2D eigenvalue weighted by atomic mass is 10.2. The van der Waals surface area contributed by atoms with Crippen molar-refractivity contribution in [3.63, 3.8) is 0 Å². The number of ether oxygens (including phenoxy) is 1. The van der Waals surface area contributed by atoms with Gasteiger partial charge >= 0.3 is 5.97 Å². The number of esters is 1. The van der Waals surface area contributed by atoms with Gasteiger partial charge in [-0.3, -0.25) is 14.5 Å². The maximum atomic E-state index is 13.9. The van der Waals surface area contributed by atoms with E-state index in [2.05, 4.69) is 0 Å². The van der Waals surface area contributed by atoms with Crippen LogP contribution in [0.1, 0.15) is 21.7 Å². The number of nitrogens with zero attached hydrogens (tertiary/aromatic N) is 1. The van der Waals surface area contributed by atoms with Crippen LogP contribution >= 0.6 is 11.8 Å². The Balaban J connectivity index is 1.51. The molecular formula is C22H14FNO5S. The Kier molecular flexibility index (Phi) is 5.49. The summed E-state index contributed by atoms with van der Waals surface area (Å²) in [6.07, 6.45) is 2.89. The monoisotopic (exact) mass is 423 g/mol. The van der Waals surface area contributed by atoms with Gasteiger partial charge in [-0.05, 0) is 53.7 Å². The SMILES string of the molecule is O=C(Oc1cccc(/C=C2\SC(=O)N(Cc3ccccc3F)C2=O)c1)c1ccco1. The van der Waals surface area contributed by atoms with Crippen molar-refractivity contribution in [2.24, 2.45) is 0 Å². The number of thioether (sulfide) groups is 1. The number of rotatable bonds is 5. The molecule has 0 bridgehead atoms. The van der Waals surface area contributed by atoms with Crippen LogP contribution in [-0.2, 0) is 11.3 Å². The van der Waals surface area contributed by atoms with Crippen LogP contribution in [0.15, 0.2) is 76.2 Å². The highest BCUT2D eigenvalue weighted by Crippen LogP contribution is 2.34. The molecule has 150 valence electrons. The summed E-state index contributed by atoms with van der Waals surface area (Å²) in [5, 5.41) is -0.477. The van der Waals surface area contributed by atoms with Gasteiger partial charge in [-0.2, -0.15) is 0 Å². The van der Waals surface area contributed by atoms with E-state index in [-0.39, 0.29) is 28.5 Å². The average Bonchev–Trinajstić information content (AvgIpc) is 3.35. The highest BCUT2D eigenvalue weighted by molar-refractivity contribution is 8.18. The Morgan fingerprint density at radius 3 is 2.70 bits per heavy atom. The van der Waals surface area contributed by atoms with E-state index in [0.29, 0.717) is 5.56 Å². The molecule has 0 radical (unpaired) electrons. The molecule has 2 heterocycles. The zero-order valence-electron chi connectivity index (χ0n) is 15.4. The van der Waals surface area contributed by atoms with Crippen LogP contribution in [0.25, 0.3) is 6.08 Å². The molecule has 1 aliphatic rings. The van der Waals surface area contributed by atoms with Gasteiger partial charge in [0.05, 0.1) is 17.7 Å². The van der Waals surface area contributed by atoms with Crippen molar-refractivity contribution >= 4 is 35.0 Å². The number of halogens is 1. The summed E-state index contributed by atoms with van der Waals surface area (Å²) in [6, 6.07) is 15.5. The molecule has 30 heavy (non-hydrogen) atoms.